The fraction of sp³-hybridized carbons (Fsp3) is 1.00. The Bertz CT molecular complexity index is 173. The van der Waals surface area contributed by atoms with E-state index in [1.807, 2.05) is 39.5 Å². The van der Waals surface area contributed by atoms with Gasteiger partial charge in [0, 0.05) is 26.4 Å². The van der Waals surface area contributed by atoms with Gasteiger partial charge in [-0.1, -0.05) is 0 Å². The second kappa shape index (κ2) is 16.6. The Morgan fingerprint density at radius 1 is 0.619 bits per heavy atom. The SMILES string of the molecule is CCOC(CCCSCCCC(OCC)OCC)OCC. The summed E-state index contributed by atoms with van der Waals surface area (Å²) in [6, 6.07) is 0. The van der Waals surface area contributed by atoms with Crippen molar-refractivity contribution in [3.63, 3.8) is 0 Å². The molecular formula is C16H34O4S. The van der Waals surface area contributed by atoms with Crippen LogP contribution >= 0.6 is 11.8 Å². The summed E-state index contributed by atoms with van der Waals surface area (Å²) in [5.41, 5.74) is 0. The average molecular weight is 323 g/mol. The lowest BCUT2D eigenvalue weighted by molar-refractivity contribution is -0.139. The van der Waals surface area contributed by atoms with Crippen molar-refractivity contribution in [3.05, 3.63) is 0 Å². The molecule has 0 spiro atoms. The van der Waals surface area contributed by atoms with Gasteiger partial charge >= 0.3 is 0 Å². The van der Waals surface area contributed by atoms with Crippen LogP contribution in [0.1, 0.15) is 53.4 Å². The highest BCUT2D eigenvalue weighted by Crippen LogP contribution is 2.13. The van der Waals surface area contributed by atoms with E-state index in [0.717, 1.165) is 37.2 Å². The van der Waals surface area contributed by atoms with Gasteiger partial charge in [0.2, 0.25) is 0 Å². The van der Waals surface area contributed by atoms with Crippen molar-refractivity contribution < 1.29 is 18.9 Å². The first-order valence-electron chi connectivity index (χ1n) is 8.32. The lowest BCUT2D eigenvalue weighted by atomic mass is 10.3. The van der Waals surface area contributed by atoms with Gasteiger partial charge in [0.15, 0.2) is 12.6 Å². The van der Waals surface area contributed by atoms with Crippen molar-refractivity contribution in [2.24, 2.45) is 0 Å². The Morgan fingerprint density at radius 2 is 0.952 bits per heavy atom. The van der Waals surface area contributed by atoms with Crippen molar-refractivity contribution in [3.8, 4) is 0 Å². The minimum atomic E-state index is -0.0270. The van der Waals surface area contributed by atoms with Crippen LogP contribution in [0.25, 0.3) is 0 Å². The zero-order valence-corrected chi connectivity index (χ0v) is 15.1. The Hall–Kier alpha value is 0.190. The van der Waals surface area contributed by atoms with E-state index < -0.39 is 0 Å². The summed E-state index contributed by atoms with van der Waals surface area (Å²) in [5.74, 6) is 2.31. The maximum atomic E-state index is 5.53. The Balaban J connectivity index is 3.48. The van der Waals surface area contributed by atoms with Crippen LogP contribution in [0.15, 0.2) is 0 Å². The molecule has 0 amide bonds. The molecule has 5 heteroatoms. The maximum Gasteiger partial charge on any atom is 0.157 e. The molecule has 0 atom stereocenters. The number of ether oxygens (including phenoxy) is 4. The van der Waals surface area contributed by atoms with E-state index in [2.05, 4.69) is 0 Å². The smallest absolute Gasteiger partial charge is 0.157 e. The lowest BCUT2D eigenvalue weighted by Crippen LogP contribution is -2.17. The van der Waals surface area contributed by atoms with Gasteiger partial charge < -0.3 is 18.9 Å². The zero-order valence-electron chi connectivity index (χ0n) is 14.3. The molecule has 4 nitrogen and oxygen atoms in total. The van der Waals surface area contributed by atoms with Crippen LogP contribution in [-0.4, -0.2) is 50.5 Å². The number of hydrogen-bond acceptors (Lipinski definition) is 5. The van der Waals surface area contributed by atoms with E-state index in [4.69, 9.17) is 18.9 Å². The van der Waals surface area contributed by atoms with Crippen LogP contribution in [0.5, 0.6) is 0 Å². The van der Waals surface area contributed by atoms with Crippen LogP contribution in [0.3, 0.4) is 0 Å². The van der Waals surface area contributed by atoms with Crippen LogP contribution in [0, 0.1) is 0 Å². The average Bonchev–Trinajstić information content (AvgIpc) is 2.47. The monoisotopic (exact) mass is 322 g/mol. The van der Waals surface area contributed by atoms with Crippen molar-refractivity contribution in [1.82, 2.24) is 0 Å². The molecule has 0 rings (SSSR count). The molecule has 0 aliphatic rings. The van der Waals surface area contributed by atoms with Gasteiger partial charge in [0.1, 0.15) is 0 Å². The first kappa shape index (κ1) is 21.2. The quantitative estimate of drug-likeness (QED) is 0.316. The Labute approximate surface area is 135 Å². The van der Waals surface area contributed by atoms with Gasteiger partial charge in [-0.15, -0.1) is 0 Å². The first-order valence-corrected chi connectivity index (χ1v) is 9.47. The Kier molecular flexibility index (Phi) is 16.7. The van der Waals surface area contributed by atoms with Crippen molar-refractivity contribution >= 4 is 11.8 Å². The molecule has 0 aromatic heterocycles. The third kappa shape index (κ3) is 13.6. The molecule has 128 valence electrons. The van der Waals surface area contributed by atoms with Crippen LogP contribution in [-0.2, 0) is 18.9 Å². The number of rotatable bonds is 16. The summed E-state index contributed by atoms with van der Waals surface area (Å²) in [6.07, 6.45) is 4.18. The molecule has 0 heterocycles. The van der Waals surface area contributed by atoms with E-state index in [9.17, 15) is 0 Å². The minimum absolute atomic E-state index is 0.0270. The zero-order chi connectivity index (χ0) is 15.8. The third-order valence-corrected chi connectivity index (χ3v) is 4.02. The number of hydrogen-bond donors (Lipinski definition) is 0. The minimum Gasteiger partial charge on any atom is -0.353 e. The van der Waals surface area contributed by atoms with Gasteiger partial charge in [-0.2, -0.15) is 11.8 Å². The van der Waals surface area contributed by atoms with Gasteiger partial charge in [-0.3, -0.25) is 0 Å². The van der Waals surface area contributed by atoms with E-state index in [1.165, 1.54) is 0 Å². The summed E-state index contributed by atoms with van der Waals surface area (Å²) in [5, 5.41) is 0. The van der Waals surface area contributed by atoms with Gasteiger partial charge in [-0.25, -0.2) is 0 Å². The molecule has 0 aliphatic carbocycles. The van der Waals surface area contributed by atoms with E-state index >= 15 is 0 Å². The molecule has 0 saturated heterocycles. The predicted octanol–water partition coefficient (Wildman–Crippen LogP) is 4.08. The molecule has 0 fully saturated rings. The molecule has 0 N–H and O–H groups in total. The predicted molar refractivity (Wildman–Crippen MR) is 89.9 cm³/mol. The topological polar surface area (TPSA) is 36.9 Å². The molecule has 0 aromatic rings. The number of thioether (sulfide) groups is 1. The highest BCUT2D eigenvalue weighted by atomic mass is 32.2. The van der Waals surface area contributed by atoms with E-state index in [0.29, 0.717) is 26.4 Å². The third-order valence-electron chi connectivity index (χ3n) is 2.87. The standard InChI is InChI=1S/C16H34O4S/c1-5-17-15(18-6-2)11-9-13-21-14-10-12-16(19-7-3)20-8-4/h15-16H,5-14H2,1-4H3. The highest BCUT2D eigenvalue weighted by Gasteiger charge is 2.08. The molecule has 0 aromatic carbocycles. The van der Waals surface area contributed by atoms with Crippen LogP contribution in [0.4, 0.5) is 0 Å². The summed E-state index contributed by atoms with van der Waals surface area (Å²) in [6.45, 7) is 10.9. The van der Waals surface area contributed by atoms with Crippen molar-refractivity contribution in [1.29, 1.82) is 0 Å². The summed E-state index contributed by atoms with van der Waals surface area (Å²) < 4.78 is 22.1. The first-order chi connectivity index (χ1) is 10.3. The molecule has 0 radical (unpaired) electrons. The fourth-order valence-corrected chi connectivity index (χ4v) is 2.93. The Morgan fingerprint density at radius 3 is 1.24 bits per heavy atom. The summed E-state index contributed by atoms with van der Waals surface area (Å²) in [7, 11) is 0. The van der Waals surface area contributed by atoms with Gasteiger partial charge in [0.25, 0.3) is 0 Å². The molecule has 0 unspecified atom stereocenters. The lowest BCUT2D eigenvalue weighted by Gasteiger charge is -2.17. The van der Waals surface area contributed by atoms with E-state index in [1.54, 1.807) is 0 Å². The van der Waals surface area contributed by atoms with Gasteiger partial charge in [-0.05, 0) is 64.9 Å². The molecular weight excluding hydrogens is 288 g/mol. The van der Waals surface area contributed by atoms with Crippen molar-refractivity contribution in [2.45, 2.75) is 66.0 Å². The fourth-order valence-electron chi connectivity index (χ4n) is 1.98. The second-order valence-corrected chi connectivity index (χ2v) is 5.80. The molecule has 0 saturated carbocycles. The maximum absolute atomic E-state index is 5.53. The van der Waals surface area contributed by atoms with E-state index in [-0.39, 0.29) is 12.6 Å². The summed E-state index contributed by atoms with van der Waals surface area (Å²) >= 11 is 1.99. The molecule has 0 aliphatic heterocycles. The summed E-state index contributed by atoms with van der Waals surface area (Å²) in [4.78, 5) is 0. The second-order valence-electron chi connectivity index (χ2n) is 4.58. The van der Waals surface area contributed by atoms with Crippen molar-refractivity contribution in [2.75, 3.05) is 37.9 Å². The molecule has 0 bridgehead atoms. The van der Waals surface area contributed by atoms with Crippen LogP contribution in [0.2, 0.25) is 0 Å². The van der Waals surface area contributed by atoms with Crippen LogP contribution < -0.4 is 0 Å². The highest BCUT2D eigenvalue weighted by molar-refractivity contribution is 7.99. The molecule has 21 heavy (non-hydrogen) atoms. The van der Waals surface area contributed by atoms with Gasteiger partial charge in [0.05, 0.1) is 0 Å². The normalized spacial score (nSPS) is 11.7. The largest absolute Gasteiger partial charge is 0.353 e.